The summed E-state index contributed by atoms with van der Waals surface area (Å²) in [5.41, 5.74) is 7.60. The quantitative estimate of drug-likeness (QED) is 0.681. The van der Waals surface area contributed by atoms with Gasteiger partial charge in [0.2, 0.25) is 0 Å². The maximum Gasteiger partial charge on any atom is 0.197 e. The zero-order chi connectivity index (χ0) is 14.0. The highest BCUT2D eigenvalue weighted by molar-refractivity contribution is 6.12. The second kappa shape index (κ2) is 5.10. The molecule has 19 heavy (non-hydrogen) atoms. The molecule has 0 aromatic heterocycles. The molecular formula is C15H14FNO2. The number of nitrogen functional groups attached to an aromatic ring is 1. The second-order valence-electron chi connectivity index (χ2n) is 4.25. The van der Waals surface area contributed by atoms with Crippen molar-refractivity contribution < 1.29 is 13.9 Å². The molecule has 0 saturated heterocycles. The number of anilines is 1. The first-order valence-corrected chi connectivity index (χ1v) is 5.77. The van der Waals surface area contributed by atoms with Gasteiger partial charge in [-0.05, 0) is 42.8 Å². The van der Waals surface area contributed by atoms with Gasteiger partial charge in [0.15, 0.2) is 5.78 Å². The Morgan fingerprint density at radius 3 is 2.58 bits per heavy atom. The molecule has 0 aliphatic carbocycles. The van der Waals surface area contributed by atoms with E-state index in [0.29, 0.717) is 17.0 Å². The largest absolute Gasteiger partial charge is 0.496 e. The van der Waals surface area contributed by atoms with Crippen LogP contribution in [0.5, 0.6) is 5.75 Å². The number of hydrogen-bond acceptors (Lipinski definition) is 3. The molecule has 2 N–H and O–H groups in total. The molecule has 0 heterocycles. The summed E-state index contributed by atoms with van der Waals surface area (Å²) in [6, 6.07) is 8.92. The van der Waals surface area contributed by atoms with Gasteiger partial charge in [-0.1, -0.05) is 6.07 Å². The smallest absolute Gasteiger partial charge is 0.197 e. The molecule has 2 aromatic rings. The van der Waals surface area contributed by atoms with Crippen LogP contribution < -0.4 is 10.5 Å². The van der Waals surface area contributed by atoms with E-state index in [-0.39, 0.29) is 11.3 Å². The van der Waals surface area contributed by atoms with Crippen LogP contribution >= 0.6 is 0 Å². The lowest BCUT2D eigenvalue weighted by molar-refractivity contribution is 0.103. The number of ketones is 1. The third-order valence-electron chi connectivity index (χ3n) is 2.91. The van der Waals surface area contributed by atoms with Crippen molar-refractivity contribution in [3.05, 3.63) is 58.9 Å². The van der Waals surface area contributed by atoms with E-state index < -0.39 is 5.82 Å². The van der Waals surface area contributed by atoms with Crippen LogP contribution in [0.1, 0.15) is 21.5 Å². The molecule has 3 nitrogen and oxygen atoms in total. The van der Waals surface area contributed by atoms with Gasteiger partial charge in [-0.25, -0.2) is 4.39 Å². The summed E-state index contributed by atoms with van der Waals surface area (Å²) in [6.45, 7) is 1.80. The van der Waals surface area contributed by atoms with Gasteiger partial charge < -0.3 is 10.5 Å². The van der Waals surface area contributed by atoms with Gasteiger partial charge in [0.05, 0.1) is 12.7 Å². The van der Waals surface area contributed by atoms with Gasteiger partial charge in [-0.2, -0.15) is 0 Å². The summed E-state index contributed by atoms with van der Waals surface area (Å²) in [4.78, 5) is 12.4. The van der Waals surface area contributed by atoms with Crippen LogP contribution in [0.15, 0.2) is 36.4 Å². The van der Waals surface area contributed by atoms with Crippen molar-refractivity contribution in [2.75, 3.05) is 12.8 Å². The molecule has 0 fully saturated rings. The number of aryl methyl sites for hydroxylation is 1. The number of methoxy groups -OCH3 is 1. The molecule has 0 atom stereocenters. The number of carbonyl (C=O) groups excluding carboxylic acids is 1. The number of hydrogen-bond donors (Lipinski definition) is 1. The van der Waals surface area contributed by atoms with E-state index in [2.05, 4.69) is 0 Å². The predicted molar refractivity (Wildman–Crippen MR) is 72.0 cm³/mol. The van der Waals surface area contributed by atoms with Crippen LogP contribution in [0, 0.1) is 12.7 Å². The van der Waals surface area contributed by atoms with Crippen molar-refractivity contribution in [3.8, 4) is 5.75 Å². The molecule has 0 amide bonds. The maximum absolute atomic E-state index is 13.3. The molecule has 0 bridgehead atoms. The minimum absolute atomic E-state index is 0.191. The molecule has 0 aliphatic rings. The molecule has 0 aliphatic heterocycles. The molecule has 0 unspecified atom stereocenters. The van der Waals surface area contributed by atoms with Crippen molar-refractivity contribution in [2.24, 2.45) is 0 Å². The summed E-state index contributed by atoms with van der Waals surface area (Å²) < 4.78 is 18.4. The third kappa shape index (κ3) is 2.57. The number of benzene rings is 2. The number of nitrogens with two attached hydrogens (primary N) is 1. The third-order valence-corrected chi connectivity index (χ3v) is 2.91. The van der Waals surface area contributed by atoms with E-state index in [0.717, 1.165) is 5.56 Å². The predicted octanol–water partition coefficient (Wildman–Crippen LogP) is 2.96. The van der Waals surface area contributed by atoms with E-state index in [1.165, 1.54) is 25.3 Å². The lowest BCUT2D eigenvalue weighted by Crippen LogP contribution is -2.07. The fraction of sp³-hybridized carbons (Fsp3) is 0.133. The summed E-state index contributed by atoms with van der Waals surface area (Å²) in [5, 5.41) is 0. The second-order valence-corrected chi connectivity index (χ2v) is 4.25. The van der Waals surface area contributed by atoms with Crippen LogP contribution in [0.3, 0.4) is 0 Å². The highest BCUT2D eigenvalue weighted by atomic mass is 19.1. The highest BCUT2D eigenvalue weighted by Gasteiger charge is 2.17. The normalized spacial score (nSPS) is 10.3. The maximum atomic E-state index is 13.3. The average Bonchev–Trinajstić information content (AvgIpc) is 2.40. The van der Waals surface area contributed by atoms with Gasteiger partial charge in [0, 0.05) is 11.3 Å². The Hall–Kier alpha value is -2.36. The summed E-state index contributed by atoms with van der Waals surface area (Å²) in [5.74, 6) is -0.444. The molecule has 4 heteroatoms. The topological polar surface area (TPSA) is 52.3 Å². The fourth-order valence-corrected chi connectivity index (χ4v) is 1.89. The van der Waals surface area contributed by atoms with Crippen molar-refractivity contribution in [3.63, 3.8) is 0 Å². The number of ether oxygens (including phenoxy) is 1. The van der Waals surface area contributed by atoms with Crippen molar-refractivity contribution >= 4 is 11.5 Å². The van der Waals surface area contributed by atoms with Crippen molar-refractivity contribution in [2.45, 2.75) is 6.92 Å². The van der Waals surface area contributed by atoms with Gasteiger partial charge in [0.25, 0.3) is 0 Å². The van der Waals surface area contributed by atoms with Gasteiger partial charge in [-0.3, -0.25) is 4.79 Å². The lowest BCUT2D eigenvalue weighted by atomic mass is 9.98. The fourth-order valence-electron chi connectivity index (χ4n) is 1.89. The Morgan fingerprint density at radius 2 is 1.89 bits per heavy atom. The van der Waals surface area contributed by atoms with Crippen molar-refractivity contribution in [1.29, 1.82) is 0 Å². The minimum atomic E-state index is -0.481. The van der Waals surface area contributed by atoms with Crippen LogP contribution in [-0.2, 0) is 0 Å². The van der Waals surface area contributed by atoms with E-state index in [9.17, 15) is 9.18 Å². The van der Waals surface area contributed by atoms with Gasteiger partial charge >= 0.3 is 0 Å². The lowest BCUT2D eigenvalue weighted by Gasteiger charge is -2.10. The SMILES string of the molecule is COc1ccc(F)cc1C(=O)c1cc(N)ccc1C. The molecule has 0 radical (unpaired) electrons. The highest BCUT2D eigenvalue weighted by Crippen LogP contribution is 2.24. The Labute approximate surface area is 110 Å². The number of halogens is 1. The molecule has 0 saturated carbocycles. The van der Waals surface area contributed by atoms with Gasteiger partial charge in [0.1, 0.15) is 11.6 Å². The zero-order valence-electron chi connectivity index (χ0n) is 10.7. The Bertz CT molecular complexity index is 638. The van der Waals surface area contributed by atoms with Crippen LogP contribution in [0.25, 0.3) is 0 Å². The van der Waals surface area contributed by atoms with E-state index in [1.54, 1.807) is 25.1 Å². The summed E-state index contributed by atoms with van der Waals surface area (Å²) in [7, 11) is 1.44. The van der Waals surface area contributed by atoms with Crippen molar-refractivity contribution in [1.82, 2.24) is 0 Å². The summed E-state index contributed by atoms with van der Waals surface area (Å²) >= 11 is 0. The molecular weight excluding hydrogens is 245 g/mol. The first-order chi connectivity index (χ1) is 9.02. The average molecular weight is 259 g/mol. The molecule has 2 aromatic carbocycles. The van der Waals surface area contributed by atoms with Gasteiger partial charge in [-0.15, -0.1) is 0 Å². The molecule has 0 spiro atoms. The first kappa shape index (κ1) is 13.1. The Morgan fingerprint density at radius 1 is 1.16 bits per heavy atom. The monoisotopic (exact) mass is 259 g/mol. The number of carbonyl (C=O) groups is 1. The first-order valence-electron chi connectivity index (χ1n) is 5.77. The van der Waals surface area contributed by atoms with E-state index >= 15 is 0 Å². The standard InChI is InChI=1S/C15H14FNO2/c1-9-3-5-11(17)8-12(9)15(18)13-7-10(16)4-6-14(13)19-2/h3-8H,17H2,1-2H3. The summed E-state index contributed by atoms with van der Waals surface area (Å²) in [6.07, 6.45) is 0. The molecule has 2 rings (SSSR count). The Kier molecular flexibility index (Phi) is 3.51. The number of rotatable bonds is 3. The van der Waals surface area contributed by atoms with Crippen LogP contribution in [0.2, 0.25) is 0 Å². The zero-order valence-corrected chi connectivity index (χ0v) is 10.7. The Balaban J connectivity index is 2.55. The van der Waals surface area contributed by atoms with Crippen LogP contribution in [0.4, 0.5) is 10.1 Å². The van der Waals surface area contributed by atoms with Crippen LogP contribution in [-0.4, -0.2) is 12.9 Å². The minimum Gasteiger partial charge on any atom is -0.496 e. The van der Waals surface area contributed by atoms with E-state index in [1.807, 2.05) is 0 Å². The molecule has 98 valence electrons. The van der Waals surface area contributed by atoms with E-state index in [4.69, 9.17) is 10.5 Å².